The molecule has 0 aliphatic carbocycles. The normalized spacial score (nSPS) is 12.7. The minimum absolute atomic E-state index is 0. The summed E-state index contributed by atoms with van der Waals surface area (Å²) in [5.41, 5.74) is 10.2. The smallest absolute Gasteiger partial charge is 0.122 e. The molecule has 6 aromatic carbocycles. The number of fused-ring (bicyclic) bond motifs is 4. The Morgan fingerprint density at radius 3 is 2.17 bits per heavy atom. The van der Waals surface area contributed by atoms with E-state index in [1.165, 1.54) is 0 Å². The summed E-state index contributed by atoms with van der Waals surface area (Å²) in [6, 6.07) is 47.5. The van der Waals surface area contributed by atoms with Crippen molar-refractivity contribution in [3.05, 3.63) is 174 Å². The van der Waals surface area contributed by atoms with E-state index in [4.69, 9.17) is 14.9 Å². The molecule has 0 N–H and O–H groups in total. The zero-order chi connectivity index (χ0) is 44.8. The SMILES string of the molecule is [2H]c1cc(C([2H])([2H])C(C)(C)C)cc([2H])c1-c1cc(C(C)C)c(-n2c(-c3[c-]ccc4c3oc3cc(C#N)ccc34)nc3ccccc32)c(C(C)C)c1.[Ir].[c-]1ccccc1-c1ccccn1. The van der Waals surface area contributed by atoms with Crippen LogP contribution in [0.5, 0.6) is 0 Å². The van der Waals surface area contributed by atoms with Gasteiger partial charge in [0.25, 0.3) is 0 Å². The fraction of sp³-hybridized carbons (Fsp3) is 0.204. The van der Waals surface area contributed by atoms with Crippen molar-refractivity contribution in [1.29, 1.82) is 5.26 Å². The summed E-state index contributed by atoms with van der Waals surface area (Å²) >= 11 is 0. The van der Waals surface area contributed by atoms with E-state index in [2.05, 4.69) is 73.6 Å². The molecule has 0 amide bonds. The molecule has 0 aliphatic rings. The molecule has 0 atom stereocenters. The number of imidazole rings is 1. The third-order valence-corrected chi connectivity index (χ3v) is 10.2. The van der Waals surface area contributed by atoms with Crippen molar-refractivity contribution < 1.29 is 30.0 Å². The molecule has 0 aliphatic heterocycles. The number of pyridine rings is 1. The van der Waals surface area contributed by atoms with Gasteiger partial charge in [0, 0.05) is 40.1 Å². The topological polar surface area (TPSA) is 67.6 Å². The van der Waals surface area contributed by atoms with Crippen LogP contribution < -0.4 is 0 Å². The Morgan fingerprint density at radius 2 is 1.52 bits per heavy atom. The van der Waals surface area contributed by atoms with Gasteiger partial charge in [-0.05, 0) is 99.6 Å². The van der Waals surface area contributed by atoms with E-state index in [0.717, 1.165) is 55.4 Å². The van der Waals surface area contributed by atoms with Crippen molar-refractivity contribution in [2.24, 2.45) is 5.41 Å². The number of nitrogens with zero attached hydrogens (tertiary/aromatic N) is 4. The van der Waals surface area contributed by atoms with E-state index in [-0.39, 0.29) is 44.0 Å². The van der Waals surface area contributed by atoms with E-state index in [1.54, 1.807) is 30.5 Å². The molecular weight excluding hydrogens is 913 g/mol. The van der Waals surface area contributed by atoms with Gasteiger partial charge in [-0.1, -0.05) is 114 Å². The molecule has 0 spiro atoms. The minimum Gasteiger partial charge on any atom is -0.500 e. The van der Waals surface area contributed by atoms with Gasteiger partial charge in [0.1, 0.15) is 5.58 Å². The third-order valence-electron chi connectivity index (χ3n) is 10.2. The van der Waals surface area contributed by atoms with E-state index in [9.17, 15) is 5.26 Å². The van der Waals surface area contributed by atoms with Crippen molar-refractivity contribution in [2.75, 3.05) is 0 Å². The van der Waals surface area contributed by atoms with Crippen LogP contribution in [0.25, 0.3) is 72.4 Å². The Balaban J connectivity index is 0.000000406. The van der Waals surface area contributed by atoms with E-state index >= 15 is 0 Å². The quantitative estimate of drug-likeness (QED) is 0.149. The van der Waals surface area contributed by atoms with Gasteiger partial charge in [0.05, 0.1) is 36.8 Å². The van der Waals surface area contributed by atoms with Gasteiger partial charge >= 0.3 is 0 Å². The molecule has 3 heterocycles. The Kier molecular flexibility index (Phi) is 10.8. The molecule has 1 radical (unpaired) electrons. The second kappa shape index (κ2) is 17.6. The Bertz CT molecular complexity index is 3090. The number of para-hydroxylation sites is 2. The number of aromatic nitrogens is 3. The number of nitriles is 1. The first-order chi connectivity index (χ1) is 30.1. The monoisotopic (exact) mass is 965 g/mol. The molecule has 0 saturated carbocycles. The predicted molar refractivity (Wildman–Crippen MR) is 243 cm³/mol. The van der Waals surface area contributed by atoms with Crippen molar-refractivity contribution >= 4 is 33.0 Å². The van der Waals surface area contributed by atoms with E-state index in [1.807, 2.05) is 99.6 Å². The van der Waals surface area contributed by atoms with Crippen LogP contribution in [-0.4, -0.2) is 14.5 Å². The first-order valence-electron chi connectivity index (χ1n) is 22.0. The Hall–Kier alpha value is -6.12. The third kappa shape index (κ3) is 8.61. The first kappa shape index (κ1) is 36.9. The van der Waals surface area contributed by atoms with Crippen molar-refractivity contribution in [1.82, 2.24) is 14.5 Å². The van der Waals surface area contributed by atoms with Crippen molar-refractivity contribution in [3.63, 3.8) is 0 Å². The molecule has 0 bridgehead atoms. The average Bonchev–Trinajstić information content (AvgIpc) is 3.84. The Labute approximate surface area is 372 Å². The molecule has 301 valence electrons. The van der Waals surface area contributed by atoms with Crippen LogP contribution in [0.4, 0.5) is 0 Å². The molecule has 3 aromatic heterocycles. The molecule has 9 rings (SSSR count). The van der Waals surface area contributed by atoms with Gasteiger partial charge in [-0.2, -0.15) is 5.26 Å². The first-order valence-corrected chi connectivity index (χ1v) is 20.0. The summed E-state index contributed by atoms with van der Waals surface area (Å²) in [6.45, 7) is 14.1. The number of benzene rings is 6. The van der Waals surface area contributed by atoms with Crippen LogP contribution in [0, 0.1) is 28.9 Å². The summed E-state index contributed by atoms with van der Waals surface area (Å²) in [6.07, 6.45) is 0.0694. The van der Waals surface area contributed by atoms with Gasteiger partial charge in [-0.3, -0.25) is 4.98 Å². The zero-order valence-electron chi connectivity index (χ0n) is 38.8. The number of hydrogen-bond acceptors (Lipinski definition) is 4. The second-order valence-electron chi connectivity index (χ2n) is 16.4. The van der Waals surface area contributed by atoms with E-state index in [0.29, 0.717) is 39.2 Å². The maximum absolute atomic E-state index is 9.54. The molecule has 9 aromatic rings. The largest absolute Gasteiger partial charge is 0.500 e. The summed E-state index contributed by atoms with van der Waals surface area (Å²) < 4.78 is 44.5. The van der Waals surface area contributed by atoms with Crippen LogP contribution in [0.15, 0.2) is 144 Å². The maximum atomic E-state index is 9.54. The van der Waals surface area contributed by atoms with Gasteiger partial charge in [0.15, 0.2) is 0 Å². The second-order valence-corrected chi connectivity index (χ2v) is 16.4. The molecule has 5 nitrogen and oxygen atoms in total. The number of rotatable bonds is 7. The molecule has 6 heteroatoms. The molecule has 0 saturated heterocycles. The summed E-state index contributed by atoms with van der Waals surface area (Å²) in [7, 11) is 0. The molecule has 60 heavy (non-hydrogen) atoms. The van der Waals surface area contributed by atoms with Gasteiger partial charge in [-0.15, -0.1) is 54.1 Å². The predicted octanol–water partition coefficient (Wildman–Crippen LogP) is 14.3. The van der Waals surface area contributed by atoms with Gasteiger partial charge in [0.2, 0.25) is 0 Å². The minimum atomic E-state index is -1.72. The van der Waals surface area contributed by atoms with Crippen LogP contribution in [-0.2, 0) is 26.5 Å². The fourth-order valence-corrected chi connectivity index (χ4v) is 7.49. The molecular formula is C54H48IrN4O-2. The zero-order valence-corrected chi connectivity index (χ0v) is 37.2. The summed E-state index contributed by atoms with van der Waals surface area (Å²) in [4.78, 5) is 9.42. The summed E-state index contributed by atoms with van der Waals surface area (Å²) in [5.74, 6) is 0.785. The maximum Gasteiger partial charge on any atom is 0.122 e. The average molecular weight is 965 g/mol. The number of furan rings is 1. The number of hydrogen-bond donors (Lipinski definition) is 0. The van der Waals surface area contributed by atoms with Crippen LogP contribution in [0.1, 0.15) is 88.0 Å². The van der Waals surface area contributed by atoms with Gasteiger partial charge < -0.3 is 14.0 Å². The summed E-state index contributed by atoms with van der Waals surface area (Å²) in [5, 5.41) is 11.4. The van der Waals surface area contributed by atoms with Crippen LogP contribution >= 0.6 is 0 Å². The molecule has 0 fully saturated rings. The van der Waals surface area contributed by atoms with Gasteiger partial charge in [-0.25, -0.2) is 0 Å². The van der Waals surface area contributed by atoms with Crippen molar-refractivity contribution in [3.8, 4) is 45.5 Å². The van der Waals surface area contributed by atoms with Crippen LogP contribution in [0.3, 0.4) is 0 Å². The standard InChI is InChI=1S/C43H40N3O.C11H8N.Ir/c1-26(2)35-22-31(30-18-15-28(16-19-30)24-43(5,6)7)23-36(27(3)4)40(35)46-38-14-9-8-13-37(38)45-42(46)34-12-10-11-33-32-20-17-29(25-44)21-39(32)47-41(33)34;1-2-6-10(7-3-1)11-8-4-5-9-12-11;/h8-11,13-23,26-27H,24H2,1-7H3;1-6,8-9H;/q2*-1;/i18D,19D,24D2;;. The van der Waals surface area contributed by atoms with Crippen molar-refractivity contribution in [2.45, 2.75) is 66.7 Å². The fourth-order valence-electron chi connectivity index (χ4n) is 7.49. The molecule has 0 unspecified atom stereocenters. The Morgan fingerprint density at radius 1 is 0.800 bits per heavy atom. The van der Waals surface area contributed by atoms with E-state index < -0.39 is 11.8 Å². The van der Waals surface area contributed by atoms with Crippen LogP contribution in [0.2, 0.25) is 0 Å².